The largest absolute Gasteiger partial charge is 0.494 e. The van der Waals surface area contributed by atoms with Gasteiger partial charge in [-0.15, -0.1) is 0 Å². The third-order valence-corrected chi connectivity index (χ3v) is 6.49. The van der Waals surface area contributed by atoms with Crippen LogP contribution in [0.25, 0.3) is 0 Å². The van der Waals surface area contributed by atoms with Crippen molar-refractivity contribution in [1.29, 1.82) is 0 Å². The highest BCUT2D eigenvalue weighted by Gasteiger charge is 2.32. The van der Waals surface area contributed by atoms with Gasteiger partial charge in [0, 0.05) is 23.8 Å². The second kappa shape index (κ2) is 10.9. The second-order valence-electron chi connectivity index (χ2n) is 8.71. The number of aromatic nitrogens is 3. The molecule has 4 rings (SSSR count). The molecule has 0 radical (unpaired) electrons. The van der Waals surface area contributed by atoms with Crippen molar-refractivity contribution in [3.8, 4) is 5.75 Å². The van der Waals surface area contributed by atoms with Crippen molar-refractivity contribution in [3.05, 3.63) is 24.0 Å². The lowest BCUT2D eigenvalue weighted by molar-refractivity contribution is 0.386. The van der Waals surface area contributed by atoms with Gasteiger partial charge in [-0.3, -0.25) is 0 Å². The summed E-state index contributed by atoms with van der Waals surface area (Å²) in [5, 5.41) is 10.4. The van der Waals surface area contributed by atoms with E-state index in [9.17, 15) is 4.39 Å². The Morgan fingerprint density at radius 2 is 2.03 bits per heavy atom. The smallest absolute Gasteiger partial charge is 0.236 e. The van der Waals surface area contributed by atoms with E-state index >= 15 is 0 Å². The molecule has 0 spiro atoms. The Morgan fingerprint density at radius 3 is 2.76 bits per heavy atom. The van der Waals surface area contributed by atoms with Gasteiger partial charge < -0.3 is 31.3 Å². The summed E-state index contributed by atoms with van der Waals surface area (Å²) in [6, 6.07) is 5.47. The van der Waals surface area contributed by atoms with Crippen LogP contribution in [0.1, 0.15) is 45.4 Å². The molecule has 2 saturated heterocycles. The van der Waals surface area contributed by atoms with Crippen LogP contribution in [0.5, 0.6) is 5.75 Å². The zero-order valence-electron chi connectivity index (χ0n) is 19.5. The highest BCUT2D eigenvalue weighted by Crippen LogP contribution is 2.33. The van der Waals surface area contributed by atoms with E-state index in [0.29, 0.717) is 17.6 Å². The van der Waals surface area contributed by atoms with Crippen LogP contribution in [0, 0.1) is 5.82 Å². The molecule has 2 aliphatic heterocycles. The summed E-state index contributed by atoms with van der Waals surface area (Å²) in [6.07, 6.45) is 6.08. The topological polar surface area (TPSA) is 113 Å². The molecule has 0 saturated carbocycles. The van der Waals surface area contributed by atoms with Crippen molar-refractivity contribution >= 4 is 23.5 Å². The molecule has 3 atom stereocenters. The van der Waals surface area contributed by atoms with E-state index in [1.165, 1.54) is 13.2 Å². The highest BCUT2D eigenvalue weighted by molar-refractivity contribution is 5.62. The minimum absolute atomic E-state index is 0.0250. The van der Waals surface area contributed by atoms with Crippen molar-refractivity contribution in [3.63, 3.8) is 0 Å². The fraction of sp³-hybridized carbons (Fsp3) is 0.609. The molecule has 2 aromatic rings. The van der Waals surface area contributed by atoms with Crippen LogP contribution in [-0.4, -0.2) is 59.8 Å². The number of benzene rings is 1. The SMILES string of the molecule is CCC(C1CCCN1)N(c1ccc(OC)c(F)c1)c1nc(N)nc(NC2CCCNCC2)n1. The van der Waals surface area contributed by atoms with E-state index < -0.39 is 5.82 Å². The minimum Gasteiger partial charge on any atom is -0.494 e. The lowest BCUT2D eigenvalue weighted by Crippen LogP contribution is -2.46. The number of rotatable bonds is 8. The standard InChI is InChI=1S/C23H35FN8O/c1-3-19(18-7-5-12-27-18)32(16-8-9-20(33-2)17(24)14-16)23-30-21(25)29-22(31-23)28-15-6-4-11-26-13-10-15/h8-9,14-15,18-19,26-27H,3-7,10-13H2,1-2H3,(H3,25,28,29,30,31). The molecule has 10 heteroatoms. The number of methoxy groups -OCH3 is 1. The molecule has 1 aromatic heterocycles. The summed E-state index contributed by atoms with van der Waals surface area (Å²) < 4.78 is 19.8. The quantitative estimate of drug-likeness (QED) is 0.474. The predicted molar refractivity (Wildman–Crippen MR) is 129 cm³/mol. The van der Waals surface area contributed by atoms with Crippen LogP contribution < -0.4 is 31.3 Å². The summed E-state index contributed by atoms with van der Waals surface area (Å²) in [5.74, 6) is 0.785. The summed E-state index contributed by atoms with van der Waals surface area (Å²) in [7, 11) is 1.46. The molecule has 0 aliphatic carbocycles. The molecule has 33 heavy (non-hydrogen) atoms. The first-order valence-electron chi connectivity index (χ1n) is 11.9. The van der Waals surface area contributed by atoms with E-state index in [1.807, 2.05) is 11.0 Å². The van der Waals surface area contributed by atoms with E-state index in [2.05, 4.69) is 32.8 Å². The number of anilines is 4. The molecule has 1 aromatic carbocycles. The van der Waals surface area contributed by atoms with Gasteiger partial charge in [0.05, 0.1) is 13.2 Å². The summed E-state index contributed by atoms with van der Waals surface area (Å²) >= 11 is 0. The van der Waals surface area contributed by atoms with Gasteiger partial charge in [0.2, 0.25) is 17.8 Å². The summed E-state index contributed by atoms with van der Waals surface area (Å²) in [5.41, 5.74) is 6.79. The van der Waals surface area contributed by atoms with Gasteiger partial charge in [0.25, 0.3) is 0 Å². The van der Waals surface area contributed by atoms with Gasteiger partial charge in [-0.1, -0.05) is 6.92 Å². The van der Waals surface area contributed by atoms with Gasteiger partial charge in [0.1, 0.15) is 0 Å². The first-order chi connectivity index (χ1) is 16.1. The molecule has 3 heterocycles. The van der Waals surface area contributed by atoms with E-state index in [1.54, 1.807) is 6.07 Å². The third kappa shape index (κ3) is 5.62. The molecule has 3 unspecified atom stereocenters. The Morgan fingerprint density at radius 1 is 1.18 bits per heavy atom. The molecule has 2 aliphatic rings. The van der Waals surface area contributed by atoms with Gasteiger partial charge in [-0.25, -0.2) is 4.39 Å². The predicted octanol–water partition coefficient (Wildman–Crippen LogP) is 2.82. The first kappa shape index (κ1) is 23.4. The maximum absolute atomic E-state index is 14.7. The monoisotopic (exact) mass is 458 g/mol. The zero-order chi connectivity index (χ0) is 23.2. The molecule has 0 bridgehead atoms. The van der Waals surface area contributed by atoms with Gasteiger partial charge >= 0.3 is 0 Å². The van der Waals surface area contributed by atoms with E-state index in [0.717, 1.165) is 58.2 Å². The van der Waals surface area contributed by atoms with E-state index in [-0.39, 0.29) is 29.8 Å². The Bertz CT molecular complexity index is 915. The van der Waals surface area contributed by atoms with Gasteiger partial charge in [0.15, 0.2) is 11.6 Å². The van der Waals surface area contributed by atoms with Crippen LogP contribution in [0.15, 0.2) is 18.2 Å². The van der Waals surface area contributed by atoms with Crippen LogP contribution in [0.2, 0.25) is 0 Å². The highest BCUT2D eigenvalue weighted by atomic mass is 19.1. The Hall–Kier alpha value is -2.72. The number of hydrogen-bond donors (Lipinski definition) is 4. The lowest BCUT2D eigenvalue weighted by atomic mass is 10.0. The number of nitrogens with two attached hydrogens (primary N) is 1. The van der Waals surface area contributed by atoms with E-state index in [4.69, 9.17) is 15.5 Å². The number of nitrogen functional groups attached to an aromatic ring is 1. The molecule has 2 fully saturated rings. The molecule has 5 N–H and O–H groups in total. The Labute approximate surface area is 194 Å². The van der Waals surface area contributed by atoms with Crippen LogP contribution >= 0.6 is 0 Å². The van der Waals surface area contributed by atoms with Crippen molar-refractivity contribution in [2.24, 2.45) is 0 Å². The maximum Gasteiger partial charge on any atom is 0.236 e. The first-order valence-corrected chi connectivity index (χ1v) is 11.9. The van der Waals surface area contributed by atoms with Crippen LogP contribution in [0.4, 0.5) is 27.9 Å². The second-order valence-corrected chi connectivity index (χ2v) is 8.71. The van der Waals surface area contributed by atoms with Gasteiger partial charge in [-0.05, 0) is 70.3 Å². The van der Waals surface area contributed by atoms with Crippen LogP contribution in [-0.2, 0) is 0 Å². The van der Waals surface area contributed by atoms with Gasteiger partial charge in [-0.2, -0.15) is 15.0 Å². The zero-order valence-corrected chi connectivity index (χ0v) is 19.5. The minimum atomic E-state index is -0.430. The van der Waals surface area contributed by atoms with Crippen LogP contribution in [0.3, 0.4) is 0 Å². The number of nitrogens with one attached hydrogen (secondary N) is 3. The molecular weight excluding hydrogens is 423 g/mol. The summed E-state index contributed by atoms with van der Waals surface area (Å²) in [4.78, 5) is 15.6. The average molecular weight is 459 g/mol. The average Bonchev–Trinajstić information content (AvgIpc) is 3.21. The lowest BCUT2D eigenvalue weighted by Gasteiger charge is -2.35. The van der Waals surface area contributed by atoms with Crippen molar-refractivity contribution < 1.29 is 9.13 Å². The maximum atomic E-state index is 14.7. The number of ether oxygens (including phenoxy) is 1. The van der Waals surface area contributed by atoms with Crippen molar-refractivity contribution in [2.75, 3.05) is 42.7 Å². The van der Waals surface area contributed by atoms with Crippen molar-refractivity contribution in [2.45, 2.75) is 63.6 Å². The molecule has 180 valence electrons. The fourth-order valence-corrected chi connectivity index (χ4v) is 4.85. The summed E-state index contributed by atoms with van der Waals surface area (Å²) in [6.45, 7) is 5.06. The van der Waals surface area contributed by atoms with Crippen molar-refractivity contribution in [1.82, 2.24) is 25.6 Å². The molecule has 0 amide bonds. The Balaban J connectivity index is 1.71. The third-order valence-electron chi connectivity index (χ3n) is 6.49. The number of hydrogen-bond acceptors (Lipinski definition) is 9. The normalized spacial score (nSPS) is 21.9. The molecule has 9 nitrogen and oxygen atoms in total. The molecular formula is C23H35FN8O. The Kier molecular flexibility index (Phi) is 7.77. The fourth-order valence-electron chi connectivity index (χ4n) is 4.85. The number of halogens is 1. The number of nitrogens with zero attached hydrogens (tertiary/aromatic N) is 4.